The third kappa shape index (κ3) is 5.26. The molecule has 0 unspecified atom stereocenters. The lowest BCUT2D eigenvalue weighted by molar-refractivity contribution is 0.660. The lowest BCUT2D eigenvalue weighted by Crippen LogP contribution is -2.14. The van der Waals surface area contributed by atoms with Gasteiger partial charge in [-0.05, 0) is 84.3 Å². The monoisotopic (exact) mass is 676 g/mol. The fourth-order valence-electron chi connectivity index (χ4n) is 8.30. The molecule has 0 bridgehead atoms. The van der Waals surface area contributed by atoms with Gasteiger partial charge in [-0.3, -0.25) is 0 Å². The molecule has 9 aromatic rings. The second-order valence-corrected chi connectivity index (χ2v) is 14.6. The van der Waals surface area contributed by atoms with Gasteiger partial charge in [-0.2, -0.15) is 0 Å². The van der Waals surface area contributed by atoms with Gasteiger partial charge in [0.1, 0.15) is 0 Å². The first-order valence-corrected chi connectivity index (χ1v) is 18.3. The molecule has 0 radical (unpaired) electrons. The smallest absolute Gasteiger partial charge is 0.160 e. The topological polar surface area (TPSA) is 25.8 Å². The Labute approximate surface area is 310 Å². The molecule has 0 aliphatic heterocycles. The summed E-state index contributed by atoms with van der Waals surface area (Å²) in [5, 5.41) is 4.87. The zero-order chi connectivity index (χ0) is 35.5. The Morgan fingerprint density at radius 2 is 0.925 bits per heavy atom. The average molecular weight is 677 g/mol. The van der Waals surface area contributed by atoms with E-state index in [0.29, 0.717) is 5.82 Å². The van der Waals surface area contributed by atoms with Crippen molar-refractivity contribution in [2.24, 2.45) is 0 Å². The highest BCUT2D eigenvalue weighted by Gasteiger charge is 2.35. The minimum absolute atomic E-state index is 0.0590. The van der Waals surface area contributed by atoms with E-state index >= 15 is 0 Å². The third-order valence-corrected chi connectivity index (χ3v) is 11.1. The molecule has 0 saturated carbocycles. The molecule has 2 heteroatoms. The van der Waals surface area contributed by atoms with E-state index < -0.39 is 0 Å². The zero-order valence-electron chi connectivity index (χ0n) is 29.7. The molecule has 0 atom stereocenters. The summed E-state index contributed by atoms with van der Waals surface area (Å²) >= 11 is 0. The summed E-state index contributed by atoms with van der Waals surface area (Å²) < 4.78 is 0. The Morgan fingerprint density at radius 1 is 0.340 bits per heavy atom. The molecule has 1 aromatic heterocycles. The highest BCUT2D eigenvalue weighted by molar-refractivity contribution is 6.05. The van der Waals surface area contributed by atoms with E-state index in [1.165, 1.54) is 66.1 Å². The summed E-state index contributed by atoms with van der Waals surface area (Å²) in [6.07, 6.45) is 0. The molecule has 1 aliphatic rings. The Hall–Kier alpha value is -6.64. The Bertz CT molecular complexity index is 2850. The highest BCUT2D eigenvalue weighted by atomic mass is 14.9. The summed E-state index contributed by atoms with van der Waals surface area (Å²) in [6.45, 7) is 4.69. The molecule has 0 N–H and O–H groups in total. The van der Waals surface area contributed by atoms with Gasteiger partial charge in [-0.15, -0.1) is 0 Å². The Balaban J connectivity index is 1.08. The average Bonchev–Trinajstić information content (AvgIpc) is 3.45. The van der Waals surface area contributed by atoms with E-state index in [1.807, 2.05) is 18.2 Å². The molecule has 53 heavy (non-hydrogen) atoms. The van der Waals surface area contributed by atoms with Gasteiger partial charge in [0.25, 0.3) is 0 Å². The van der Waals surface area contributed by atoms with Crippen molar-refractivity contribution in [3.05, 3.63) is 193 Å². The second-order valence-electron chi connectivity index (χ2n) is 14.6. The van der Waals surface area contributed by atoms with Crippen LogP contribution in [0.2, 0.25) is 0 Å². The molecular formula is C51H36N2. The predicted molar refractivity (Wildman–Crippen MR) is 222 cm³/mol. The molecule has 8 aromatic carbocycles. The number of rotatable bonds is 5. The SMILES string of the molecule is CC1(C)c2ccccc2-c2ccc(-c3ccc(-c4cc(-c5ccc(-c6ccc7ccccc7c6)cc5)nc(-c5ccccc5)n4)c4ccccc34)cc21. The second kappa shape index (κ2) is 12.3. The lowest BCUT2D eigenvalue weighted by Gasteiger charge is -2.22. The zero-order valence-corrected chi connectivity index (χ0v) is 29.7. The molecule has 1 heterocycles. The summed E-state index contributed by atoms with van der Waals surface area (Å²) in [7, 11) is 0. The number of benzene rings is 8. The van der Waals surface area contributed by atoms with Crippen molar-refractivity contribution in [2.75, 3.05) is 0 Å². The van der Waals surface area contributed by atoms with E-state index in [4.69, 9.17) is 9.97 Å². The van der Waals surface area contributed by atoms with Crippen molar-refractivity contribution < 1.29 is 0 Å². The van der Waals surface area contributed by atoms with Gasteiger partial charge in [-0.25, -0.2) is 9.97 Å². The summed E-state index contributed by atoms with van der Waals surface area (Å²) in [4.78, 5) is 10.4. The van der Waals surface area contributed by atoms with Crippen LogP contribution in [0, 0.1) is 0 Å². The molecular weight excluding hydrogens is 641 g/mol. The van der Waals surface area contributed by atoms with Gasteiger partial charge in [0.05, 0.1) is 11.4 Å². The first kappa shape index (κ1) is 31.1. The van der Waals surface area contributed by atoms with Gasteiger partial charge in [0.15, 0.2) is 5.82 Å². The van der Waals surface area contributed by atoms with Crippen molar-refractivity contribution in [3.8, 4) is 67.3 Å². The van der Waals surface area contributed by atoms with E-state index in [2.05, 4.69) is 178 Å². The number of hydrogen-bond acceptors (Lipinski definition) is 2. The number of fused-ring (bicyclic) bond motifs is 5. The number of nitrogens with zero attached hydrogens (tertiary/aromatic N) is 2. The van der Waals surface area contributed by atoms with Gasteiger partial charge in [-0.1, -0.05) is 178 Å². The minimum atomic E-state index is -0.0590. The van der Waals surface area contributed by atoms with E-state index in [0.717, 1.165) is 28.1 Å². The summed E-state index contributed by atoms with van der Waals surface area (Å²) in [5.74, 6) is 0.713. The molecule has 0 spiro atoms. The van der Waals surface area contributed by atoms with Gasteiger partial charge < -0.3 is 0 Å². The Morgan fingerprint density at radius 3 is 1.75 bits per heavy atom. The summed E-state index contributed by atoms with van der Waals surface area (Å²) in [6, 6.07) is 65.5. The molecule has 2 nitrogen and oxygen atoms in total. The number of aromatic nitrogens is 2. The lowest BCUT2D eigenvalue weighted by atomic mass is 9.81. The van der Waals surface area contributed by atoms with Crippen LogP contribution < -0.4 is 0 Å². The maximum absolute atomic E-state index is 5.22. The first-order chi connectivity index (χ1) is 26.0. The fraction of sp³-hybridized carbons (Fsp3) is 0.0588. The van der Waals surface area contributed by atoms with Crippen molar-refractivity contribution >= 4 is 21.5 Å². The quantitative estimate of drug-likeness (QED) is 0.181. The summed E-state index contributed by atoms with van der Waals surface area (Å²) in [5.41, 5.74) is 15.2. The highest BCUT2D eigenvalue weighted by Crippen LogP contribution is 2.50. The molecule has 0 fully saturated rings. The number of hydrogen-bond donors (Lipinski definition) is 0. The van der Waals surface area contributed by atoms with Crippen LogP contribution in [0.3, 0.4) is 0 Å². The minimum Gasteiger partial charge on any atom is -0.228 e. The molecule has 10 rings (SSSR count). The first-order valence-electron chi connectivity index (χ1n) is 18.3. The van der Waals surface area contributed by atoms with Crippen molar-refractivity contribution in [1.29, 1.82) is 0 Å². The van der Waals surface area contributed by atoms with Crippen LogP contribution in [0.15, 0.2) is 182 Å². The largest absolute Gasteiger partial charge is 0.228 e. The maximum Gasteiger partial charge on any atom is 0.160 e. The van der Waals surface area contributed by atoms with Gasteiger partial charge in [0, 0.05) is 22.1 Å². The van der Waals surface area contributed by atoms with Crippen LogP contribution in [-0.4, -0.2) is 9.97 Å². The van der Waals surface area contributed by atoms with E-state index in [-0.39, 0.29) is 5.41 Å². The normalized spacial score (nSPS) is 12.9. The van der Waals surface area contributed by atoms with Crippen LogP contribution in [0.4, 0.5) is 0 Å². The van der Waals surface area contributed by atoms with E-state index in [9.17, 15) is 0 Å². The molecule has 0 saturated heterocycles. The third-order valence-electron chi connectivity index (χ3n) is 11.1. The van der Waals surface area contributed by atoms with Gasteiger partial charge >= 0.3 is 0 Å². The molecule has 1 aliphatic carbocycles. The van der Waals surface area contributed by atoms with Crippen LogP contribution in [-0.2, 0) is 5.41 Å². The van der Waals surface area contributed by atoms with Crippen LogP contribution >= 0.6 is 0 Å². The Kier molecular flexibility index (Phi) is 7.19. The molecule has 0 amide bonds. The van der Waals surface area contributed by atoms with Crippen LogP contribution in [0.5, 0.6) is 0 Å². The van der Waals surface area contributed by atoms with Crippen molar-refractivity contribution in [3.63, 3.8) is 0 Å². The maximum atomic E-state index is 5.22. The fourth-order valence-corrected chi connectivity index (χ4v) is 8.30. The van der Waals surface area contributed by atoms with Gasteiger partial charge in [0.2, 0.25) is 0 Å². The predicted octanol–water partition coefficient (Wildman–Crippen LogP) is 13.4. The van der Waals surface area contributed by atoms with E-state index in [1.54, 1.807) is 0 Å². The van der Waals surface area contributed by atoms with Crippen LogP contribution in [0.1, 0.15) is 25.0 Å². The molecule has 250 valence electrons. The van der Waals surface area contributed by atoms with Crippen molar-refractivity contribution in [1.82, 2.24) is 9.97 Å². The van der Waals surface area contributed by atoms with Crippen molar-refractivity contribution in [2.45, 2.75) is 19.3 Å². The standard InChI is InChI=1S/C51H36N2/c1-51(2)46-19-11-10-18-43(46)44-27-26-39(31-47(44)51)40-28-29-45(42-17-9-8-16-41(40)42)49-32-48(52-50(53-49)36-13-4-3-5-14-36)35-23-20-34(21-24-35)38-25-22-33-12-6-7-15-37(33)30-38/h3-32H,1-2H3. The van der Waals surface area contributed by atoms with Crippen LogP contribution in [0.25, 0.3) is 88.8 Å².